The smallest absolute Gasteiger partial charge is 0.0637 e. The van der Waals surface area contributed by atoms with E-state index >= 15 is 0 Å². The number of hydrogen-bond donors (Lipinski definition) is 1. The average molecular weight is 276 g/mol. The van der Waals surface area contributed by atoms with Crippen molar-refractivity contribution in [3.05, 3.63) is 33.8 Å². The van der Waals surface area contributed by atoms with Crippen LogP contribution in [0.3, 0.4) is 0 Å². The molecule has 0 bridgehead atoms. The van der Waals surface area contributed by atoms with Crippen LogP contribution in [-0.2, 0) is 6.54 Å². The highest BCUT2D eigenvalue weighted by Crippen LogP contribution is 2.46. The summed E-state index contributed by atoms with van der Waals surface area (Å²) in [6.45, 7) is 1.85. The van der Waals surface area contributed by atoms with Gasteiger partial charge in [0.15, 0.2) is 0 Å². The standard InChI is InChI=1S/C12H15Cl2NS/c1-16-12(5-6-12)8-15-7-9-3-2-4-10(13)11(9)14/h2-4,15H,5-8H2,1H3. The topological polar surface area (TPSA) is 12.0 Å². The maximum Gasteiger partial charge on any atom is 0.0637 e. The van der Waals surface area contributed by atoms with Crippen molar-refractivity contribution in [3.63, 3.8) is 0 Å². The first kappa shape index (κ1) is 12.6. The van der Waals surface area contributed by atoms with Crippen LogP contribution in [0, 0.1) is 0 Å². The summed E-state index contributed by atoms with van der Waals surface area (Å²) in [5, 5.41) is 4.76. The second-order valence-electron chi connectivity index (χ2n) is 4.20. The van der Waals surface area contributed by atoms with Crippen molar-refractivity contribution in [1.82, 2.24) is 5.32 Å². The van der Waals surface area contributed by atoms with Gasteiger partial charge in [-0.1, -0.05) is 35.3 Å². The minimum atomic E-state index is 0.491. The maximum atomic E-state index is 6.12. The summed E-state index contributed by atoms with van der Waals surface area (Å²) >= 11 is 14.0. The summed E-state index contributed by atoms with van der Waals surface area (Å²) in [7, 11) is 0. The Morgan fingerprint density at radius 1 is 1.38 bits per heavy atom. The molecule has 1 aliphatic carbocycles. The van der Waals surface area contributed by atoms with E-state index in [1.54, 1.807) is 0 Å². The predicted octanol–water partition coefficient (Wildman–Crippen LogP) is 3.98. The zero-order valence-electron chi connectivity index (χ0n) is 9.22. The fourth-order valence-corrected chi connectivity index (χ4v) is 2.85. The Labute approximate surface area is 111 Å². The van der Waals surface area contributed by atoms with E-state index in [0.717, 1.165) is 18.7 Å². The molecule has 2 rings (SSSR count). The molecule has 0 heterocycles. The largest absolute Gasteiger partial charge is 0.311 e. The van der Waals surface area contributed by atoms with Gasteiger partial charge in [-0.05, 0) is 30.7 Å². The van der Waals surface area contributed by atoms with Crippen LogP contribution in [0.15, 0.2) is 18.2 Å². The lowest BCUT2D eigenvalue weighted by atomic mass is 10.2. The van der Waals surface area contributed by atoms with Crippen LogP contribution >= 0.6 is 35.0 Å². The molecule has 16 heavy (non-hydrogen) atoms. The molecule has 0 aliphatic heterocycles. The first-order chi connectivity index (χ1) is 7.67. The molecule has 1 fully saturated rings. The molecule has 0 atom stereocenters. The normalized spacial score (nSPS) is 17.4. The van der Waals surface area contributed by atoms with Crippen molar-refractivity contribution in [1.29, 1.82) is 0 Å². The Morgan fingerprint density at radius 2 is 2.12 bits per heavy atom. The van der Waals surface area contributed by atoms with E-state index in [0.29, 0.717) is 14.8 Å². The first-order valence-corrected chi connectivity index (χ1v) is 7.34. The van der Waals surface area contributed by atoms with Gasteiger partial charge in [0, 0.05) is 17.8 Å². The lowest BCUT2D eigenvalue weighted by Crippen LogP contribution is -2.25. The van der Waals surface area contributed by atoms with Crippen LogP contribution < -0.4 is 5.32 Å². The minimum Gasteiger partial charge on any atom is -0.311 e. The summed E-state index contributed by atoms with van der Waals surface area (Å²) in [4.78, 5) is 0. The maximum absolute atomic E-state index is 6.12. The third-order valence-corrected chi connectivity index (χ3v) is 5.31. The summed E-state index contributed by atoms with van der Waals surface area (Å²) in [5.41, 5.74) is 1.08. The molecular formula is C12H15Cl2NS. The lowest BCUT2D eigenvalue weighted by molar-refractivity contribution is 0.663. The van der Waals surface area contributed by atoms with E-state index < -0.39 is 0 Å². The van der Waals surface area contributed by atoms with Gasteiger partial charge in [-0.3, -0.25) is 0 Å². The Hall–Kier alpha value is 0.110. The number of hydrogen-bond acceptors (Lipinski definition) is 2. The molecule has 0 spiro atoms. The molecule has 1 aromatic carbocycles. The van der Waals surface area contributed by atoms with Gasteiger partial charge >= 0.3 is 0 Å². The van der Waals surface area contributed by atoms with E-state index in [-0.39, 0.29) is 0 Å². The molecule has 0 saturated heterocycles. The SMILES string of the molecule is CSC1(CNCc2cccc(Cl)c2Cl)CC1. The molecule has 88 valence electrons. The van der Waals surface area contributed by atoms with Crippen molar-refractivity contribution in [3.8, 4) is 0 Å². The van der Waals surface area contributed by atoms with Crippen molar-refractivity contribution in [2.45, 2.75) is 24.1 Å². The van der Waals surface area contributed by atoms with E-state index in [1.807, 2.05) is 30.0 Å². The zero-order chi connectivity index (χ0) is 11.6. The molecule has 0 aromatic heterocycles. The van der Waals surface area contributed by atoms with Crippen molar-refractivity contribution in [2.24, 2.45) is 0 Å². The highest BCUT2D eigenvalue weighted by Gasteiger charge is 2.41. The second kappa shape index (κ2) is 5.18. The number of nitrogens with one attached hydrogen (secondary N) is 1. The van der Waals surface area contributed by atoms with Gasteiger partial charge in [0.25, 0.3) is 0 Å². The van der Waals surface area contributed by atoms with E-state index in [1.165, 1.54) is 12.8 Å². The molecule has 1 nitrogen and oxygen atoms in total. The van der Waals surface area contributed by atoms with Crippen LogP contribution in [0.25, 0.3) is 0 Å². The van der Waals surface area contributed by atoms with Gasteiger partial charge < -0.3 is 5.32 Å². The van der Waals surface area contributed by atoms with Gasteiger partial charge in [0.2, 0.25) is 0 Å². The van der Waals surface area contributed by atoms with E-state index in [4.69, 9.17) is 23.2 Å². The molecule has 1 aliphatic rings. The number of rotatable bonds is 5. The molecule has 1 N–H and O–H groups in total. The molecule has 1 aromatic rings. The lowest BCUT2D eigenvalue weighted by Gasteiger charge is -2.13. The van der Waals surface area contributed by atoms with Crippen molar-refractivity contribution >= 4 is 35.0 Å². The first-order valence-electron chi connectivity index (χ1n) is 5.36. The van der Waals surface area contributed by atoms with Gasteiger partial charge in [-0.2, -0.15) is 11.8 Å². The van der Waals surface area contributed by atoms with Gasteiger partial charge in [-0.25, -0.2) is 0 Å². The Kier molecular flexibility index (Phi) is 4.06. The molecular weight excluding hydrogens is 261 g/mol. The van der Waals surface area contributed by atoms with E-state index in [9.17, 15) is 0 Å². The molecule has 0 amide bonds. The quantitative estimate of drug-likeness (QED) is 0.873. The fraction of sp³-hybridized carbons (Fsp3) is 0.500. The van der Waals surface area contributed by atoms with Crippen LogP contribution in [0.1, 0.15) is 18.4 Å². The van der Waals surface area contributed by atoms with Crippen molar-refractivity contribution < 1.29 is 0 Å². The highest BCUT2D eigenvalue weighted by molar-refractivity contribution is 8.00. The van der Waals surface area contributed by atoms with Crippen LogP contribution in [0.5, 0.6) is 0 Å². The summed E-state index contributed by atoms with van der Waals surface area (Å²) in [6, 6.07) is 5.77. The Bertz CT molecular complexity index is 377. The zero-order valence-corrected chi connectivity index (χ0v) is 11.6. The molecule has 0 unspecified atom stereocenters. The molecule has 0 radical (unpaired) electrons. The van der Waals surface area contributed by atoms with Crippen LogP contribution in [0.2, 0.25) is 10.0 Å². The fourth-order valence-electron chi connectivity index (χ4n) is 1.70. The van der Waals surface area contributed by atoms with Crippen molar-refractivity contribution in [2.75, 3.05) is 12.8 Å². The van der Waals surface area contributed by atoms with Gasteiger partial charge in [-0.15, -0.1) is 0 Å². The van der Waals surface area contributed by atoms with E-state index in [2.05, 4.69) is 11.6 Å². The van der Waals surface area contributed by atoms with Crippen LogP contribution in [0.4, 0.5) is 0 Å². The van der Waals surface area contributed by atoms with Crippen LogP contribution in [-0.4, -0.2) is 17.5 Å². The molecule has 4 heteroatoms. The minimum absolute atomic E-state index is 0.491. The second-order valence-corrected chi connectivity index (χ2v) is 6.26. The Morgan fingerprint density at radius 3 is 2.75 bits per heavy atom. The monoisotopic (exact) mass is 275 g/mol. The number of benzene rings is 1. The third kappa shape index (κ3) is 2.86. The van der Waals surface area contributed by atoms with Gasteiger partial charge in [0.1, 0.15) is 0 Å². The summed E-state index contributed by atoms with van der Waals surface area (Å²) in [6.07, 6.45) is 4.83. The summed E-state index contributed by atoms with van der Waals surface area (Å²) in [5.74, 6) is 0. The Balaban J connectivity index is 1.88. The average Bonchev–Trinajstić information content (AvgIpc) is 3.05. The number of thioether (sulfide) groups is 1. The third-order valence-electron chi connectivity index (χ3n) is 3.03. The number of halogens is 2. The predicted molar refractivity (Wildman–Crippen MR) is 73.6 cm³/mol. The highest BCUT2D eigenvalue weighted by atomic mass is 35.5. The summed E-state index contributed by atoms with van der Waals surface area (Å²) < 4.78 is 0.491. The molecule has 1 saturated carbocycles. The van der Waals surface area contributed by atoms with Gasteiger partial charge in [0.05, 0.1) is 10.0 Å².